The van der Waals surface area contributed by atoms with Crippen molar-refractivity contribution < 1.29 is 14.6 Å². The molecular weight excluding hydrogens is 324 g/mol. The first kappa shape index (κ1) is 19.8. The Bertz CT molecular complexity index is 698. The highest BCUT2D eigenvalue weighted by Gasteiger charge is 2.13. The van der Waals surface area contributed by atoms with Gasteiger partial charge in [-0.3, -0.25) is 0 Å². The number of carbonyl (C=O) groups is 1. The average molecular weight is 350 g/mol. The Labute approximate surface area is 156 Å². The minimum Gasteiger partial charge on any atom is -0.446 e. The lowest BCUT2D eigenvalue weighted by Crippen LogP contribution is -2.17. The molecule has 1 unspecified atom stereocenters. The molecule has 2 aromatic rings. The van der Waals surface area contributed by atoms with Gasteiger partial charge in [0, 0.05) is 13.0 Å². The molecule has 2 rings (SSSR count). The van der Waals surface area contributed by atoms with Gasteiger partial charge in [-0.2, -0.15) is 0 Å². The maximum atomic E-state index is 12.3. The number of rotatable bonds is 9. The first-order chi connectivity index (χ1) is 12.8. The molecule has 0 aliphatic carbocycles. The molecule has 26 heavy (non-hydrogen) atoms. The summed E-state index contributed by atoms with van der Waals surface area (Å²) in [4.78, 5) is 12.3. The van der Waals surface area contributed by atoms with Crippen LogP contribution in [0.4, 0.5) is 0 Å². The number of esters is 1. The standard InChI is InChI=1S/C23H26O3/c24-19-11-3-8-17-22(26-23(25)21-15-6-2-7-16-21)18-10-9-14-20-12-4-1-5-13-20/h1-2,4-7,12-13,15-16,22,24H,3,8-9,11,14,17,19H2. The van der Waals surface area contributed by atoms with Crippen LogP contribution < -0.4 is 0 Å². The molecule has 0 saturated carbocycles. The second kappa shape index (κ2) is 11.9. The summed E-state index contributed by atoms with van der Waals surface area (Å²) in [7, 11) is 0. The molecule has 0 fully saturated rings. The van der Waals surface area contributed by atoms with Gasteiger partial charge in [-0.25, -0.2) is 4.79 Å². The molecule has 0 aliphatic heterocycles. The van der Waals surface area contributed by atoms with Crippen molar-refractivity contribution in [2.45, 2.75) is 44.6 Å². The minimum atomic E-state index is -0.405. The van der Waals surface area contributed by atoms with Crippen molar-refractivity contribution in [3.8, 4) is 11.8 Å². The summed E-state index contributed by atoms with van der Waals surface area (Å²) in [6, 6.07) is 19.2. The van der Waals surface area contributed by atoms with Crippen LogP contribution in [0.5, 0.6) is 0 Å². The summed E-state index contributed by atoms with van der Waals surface area (Å²) in [5.41, 5.74) is 1.79. The molecule has 1 atom stereocenters. The van der Waals surface area contributed by atoms with E-state index in [0.29, 0.717) is 12.0 Å². The van der Waals surface area contributed by atoms with E-state index < -0.39 is 6.10 Å². The Hall–Kier alpha value is -2.57. The van der Waals surface area contributed by atoms with Crippen molar-refractivity contribution in [3.05, 3.63) is 71.8 Å². The van der Waals surface area contributed by atoms with Crippen LogP contribution in [0.1, 0.15) is 48.0 Å². The highest BCUT2D eigenvalue weighted by Crippen LogP contribution is 2.10. The van der Waals surface area contributed by atoms with Crippen LogP contribution in [-0.4, -0.2) is 23.8 Å². The van der Waals surface area contributed by atoms with Gasteiger partial charge in [-0.1, -0.05) is 66.8 Å². The Morgan fingerprint density at radius 2 is 1.65 bits per heavy atom. The molecule has 0 heterocycles. The summed E-state index contributed by atoms with van der Waals surface area (Å²) >= 11 is 0. The van der Waals surface area contributed by atoms with Crippen molar-refractivity contribution in [2.75, 3.05) is 6.61 Å². The fourth-order valence-corrected chi connectivity index (χ4v) is 2.59. The van der Waals surface area contributed by atoms with E-state index in [-0.39, 0.29) is 12.6 Å². The number of hydrogen-bond acceptors (Lipinski definition) is 3. The topological polar surface area (TPSA) is 46.5 Å². The molecule has 3 heteroatoms. The number of aryl methyl sites for hydroxylation is 1. The molecule has 2 aromatic carbocycles. The maximum absolute atomic E-state index is 12.3. The molecule has 0 saturated heterocycles. The zero-order valence-corrected chi connectivity index (χ0v) is 15.1. The van der Waals surface area contributed by atoms with Gasteiger partial charge < -0.3 is 9.84 Å². The van der Waals surface area contributed by atoms with Crippen LogP contribution in [0.15, 0.2) is 60.7 Å². The van der Waals surface area contributed by atoms with Crippen LogP contribution >= 0.6 is 0 Å². The number of hydrogen-bond donors (Lipinski definition) is 1. The average Bonchev–Trinajstić information content (AvgIpc) is 2.69. The number of unbranched alkanes of at least 4 members (excludes halogenated alkanes) is 2. The molecule has 0 aromatic heterocycles. The number of aliphatic hydroxyl groups excluding tert-OH is 1. The van der Waals surface area contributed by atoms with E-state index in [1.54, 1.807) is 12.1 Å². The van der Waals surface area contributed by atoms with Gasteiger partial charge in [0.25, 0.3) is 0 Å². The molecule has 0 amide bonds. The Kier molecular flexibility index (Phi) is 9.03. The second-order valence-corrected chi connectivity index (χ2v) is 6.14. The molecule has 0 radical (unpaired) electrons. The molecule has 0 bridgehead atoms. The number of carbonyl (C=O) groups excluding carboxylic acids is 1. The monoisotopic (exact) mass is 350 g/mol. The summed E-state index contributed by atoms with van der Waals surface area (Å²) in [5, 5.41) is 8.89. The van der Waals surface area contributed by atoms with Crippen molar-refractivity contribution in [3.63, 3.8) is 0 Å². The third-order valence-electron chi connectivity index (χ3n) is 4.03. The summed E-state index contributed by atoms with van der Waals surface area (Å²) in [5.74, 6) is 5.93. The van der Waals surface area contributed by atoms with E-state index in [1.807, 2.05) is 36.4 Å². The molecule has 0 aliphatic rings. The zero-order valence-electron chi connectivity index (χ0n) is 15.1. The quantitative estimate of drug-likeness (QED) is 0.414. The molecule has 1 N–H and O–H groups in total. The summed E-state index contributed by atoms with van der Waals surface area (Å²) in [6.45, 7) is 0.192. The third kappa shape index (κ3) is 7.55. The number of benzene rings is 2. The van der Waals surface area contributed by atoms with Crippen LogP contribution in [0.25, 0.3) is 0 Å². The van der Waals surface area contributed by atoms with Crippen molar-refractivity contribution in [2.24, 2.45) is 0 Å². The van der Waals surface area contributed by atoms with Gasteiger partial charge in [-0.05, 0) is 43.4 Å². The predicted molar refractivity (Wildman–Crippen MR) is 104 cm³/mol. The predicted octanol–water partition coefficient (Wildman–Crippen LogP) is 4.40. The van der Waals surface area contributed by atoms with Gasteiger partial charge >= 0.3 is 5.97 Å². The Balaban J connectivity index is 1.90. The highest BCUT2D eigenvalue weighted by atomic mass is 16.5. The summed E-state index contributed by atoms with van der Waals surface area (Å²) < 4.78 is 5.59. The van der Waals surface area contributed by atoms with Crippen LogP contribution in [0.3, 0.4) is 0 Å². The van der Waals surface area contributed by atoms with E-state index >= 15 is 0 Å². The van der Waals surface area contributed by atoms with Crippen molar-refractivity contribution in [1.82, 2.24) is 0 Å². The lowest BCUT2D eigenvalue weighted by atomic mass is 10.1. The van der Waals surface area contributed by atoms with Gasteiger partial charge in [0.2, 0.25) is 0 Å². The normalized spacial score (nSPS) is 11.3. The fraction of sp³-hybridized carbons (Fsp3) is 0.348. The lowest BCUT2D eigenvalue weighted by Gasteiger charge is -2.12. The first-order valence-corrected chi connectivity index (χ1v) is 9.19. The van der Waals surface area contributed by atoms with Crippen LogP contribution in [0, 0.1) is 11.8 Å². The van der Waals surface area contributed by atoms with E-state index in [4.69, 9.17) is 9.84 Å². The van der Waals surface area contributed by atoms with Gasteiger partial charge in [0.1, 0.15) is 0 Å². The minimum absolute atomic E-state index is 0.192. The van der Waals surface area contributed by atoms with E-state index in [1.165, 1.54) is 5.56 Å². The first-order valence-electron chi connectivity index (χ1n) is 9.19. The fourth-order valence-electron chi connectivity index (χ4n) is 2.59. The third-order valence-corrected chi connectivity index (χ3v) is 4.03. The smallest absolute Gasteiger partial charge is 0.339 e. The van der Waals surface area contributed by atoms with Crippen molar-refractivity contribution in [1.29, 1.82) is 0 Å². The SMILES string of the molecule is O=C(OC(C#CCCc1ccccc1)CCCCCO)c1ccccc1. The highest BCUT2D eigenvalue weighted by molar-refractivity contribution is 5.89. The van der Waals surface area contributed by atoms with Crippen molar-refractivity contribution >= 4 is 5.97 Å². The molecule has 0 spiro atoms. The number of aliphatic hydroxyl groups is 1. The van der Waals surface area contributed by atoms with Gasteiger partial charge in [0.15, 0.2) is 6.10 Å². The van der Waals surface area contributed by atoms with Gasteiger partial charge in [-0.15, -0.1) is 0 Å². The van der Waals surface area contributed by atoms with E-state index in [0.717, 1.165) is 32.1 Å². The largest absolute Gasteiger partial charge is 0.446 e. The Morgan fingerprint density at radius 3 is 2.35 bits per heavy atom. The summed E-state index contributed by atoms with van der Waals surface area (Å²) in [6.07, 6.45) is 4.45. The van der Waals surface area contributed by atoms with E-state index in [2.05, 4.69) is 24.0 Å². The molecular formula is C23H26O3. The molecule has 136 valence electrons. The van der Waals surface area contributed by atoms with Gasteiger partial charge in [0.05, 0.1) is 5.56 Å². The van der Waals surface area contributed by atoms with Crippen LogP contribution in [0.2, 0.25) is 0 Å². The lowest BCUT2D eigenvalue weighted by molar-refractivity contribution is 0.0392. The van der Waals surface area contributed by atoms with E-state index in [9.17, 15) is 4.79 Å². The molecule has 3 nitrogen and oxygen atoms in total. The second-order valence-electron chi connectivity index (χ2n) is 6.14. The number of ether oxygens (including phenoxy) is 1. The maximum Gasteiger partial charge on any atom is 0.339 e. The van der Waals surface area contributed by atoms with Crippen LogP contribution in [-0.2, 0) is 11.2 Å². The zero-order chi connectivity index (χ0) is 18.5. The Morgan fingerprint density at radius 1 is 0.962 bits per heavy atom.